The first kappa shape index (κ1) is 16.2. The molecule has 3 aromatic rings. The van der Waals surface area contributed by atoms with E-state index in [1.165, 1.54) is 16.9 Å². The third-order valence-electron chi connectivity index (χ3n) is 4.60. The molecular weight excluding hydrogens is 328 g/mol. The second-order valence-electron chi connectivity index (χ2n) is 6.42. The summed E-state index contributed by atoms with van der Waals surface area (Å²) in [5.41, 5.74) is 3.42. The number of nitrogens with zero attached hydrogens (tertiary/aromatic N) is 4. The number of pyridine rings is 1. The molecule has 1 aliphatic rings. The first-order chi connectivity index (χ1) is 12.3. The SMILES string of the molecule is CN1CCCN(c2nc(-c3ccncc3)c(-c3ccccc3)s2)CC1. The van der Waals surface area contributed by atoms with Crippen molar-refractivity contribution in [3.8, 4) is 21.7 Å². The minimum Gasteiger partial charge on any atom is -0.347 e. The number of likely N-dealkylation sites (N-methyl/N-ethyl adjacent to an activating group) is 1. The highest BCUT2D eigenvalue weighted by molar-refractivity contribution is 7.19. The fourth-order valence-corrected chi connectivity index (χ4v) is 4.32. The number of benzene rings is 1. The molecule has 128 valence electrons. The van der Waals surface area contributed by atoms with E-state index in [-0.39, 0.29) is 0 Å². The Balaban J connectivity index is 1.76. The molecule has 1 fully saturated rings. The molecule has 0 aliphatic carbocycles. The average Bonchev–Trinajstić information content (AvgIpc) is 3.00. The van der Waals surface area contributed by atoms with Crippen LogP contribution in [0, 0.1) is 0 Å². The maximum Gasteiger partial charge on any atom is 0.186 e. The van der Waals surface area contributed by atoms with Gasteiger partial charge >= 0.3 is 0 Å². The van der Waals surface area contributed by atoms with Crippen molar-refractivity contribution < 1.29 is 0 Å². The molecule has 0 N–H and O–H groups in total. The number of thiazole rings is 1. The van der Waals surface area contributed by atoms with Crippen LogP contribution in [0.15, 0.2) is 54.9 Å². The van der Waals surface area contributed by atoms with Gasteiger partial charge in [0.05, 0.1) is 10.6 Å². The Morgan fingerprint density at radius 1 is 0.880 bits per heavy atom. The van der Waals surface area contributed by atoms with E-state index in [4.69, 9.17) is 4.98 Å². The number of hydrogen-bond acceptors (Lipinski definition) is 5. The van der Waals surface area contributed by atoms with E-state index in [0.29, 0.717) is 0 Å². The fraction of sp³-hybridized carbons (Fsp3) is 0.300. The van der Waals surface area contributed by atoms with Crippen molar-refractivity contribution in [3.05, 3.63) is 54.9 Å². The van der Waals surface area contributed by atoms with Gasteiger partial charge in [0.1, 0.15) is 0 Å². The van der Waals surface area contributed by atoms with Crippen molar-refractivity contribution in [1.29, 1.82) is 0 Å². The van der Waals surface area contributed by atoms with E-state index in [9.17, 15) is 0 Å². The summed E-state index contributed by atoms with van der Waals surface area (Å²) in [7, 11) is 2.20. The normalized spacial score (nSPS) is 16.0. The topological polar surface area (TPSA) is 32.3 Å². The summed E-state index contributed by atoms with van der Waals surface area (Å²) in [5, 5.41) is 1.13. The summed E-state index contributed by atoms with van der Waals surface area (Å²) in [6, 6.07) is 14.7. The maximum atomic E-state index is 5.05. The van der Waals surface area contributed by atoms with Crippen LogP contribution in [-0.4, -0.2) is 48.1 Å². The maximum absolute atomic E-state index is 5.05. The van der Waals surface area contributed by atoms with Gasteiger partial charge in [-0.3, -0.25) is 4.98 Å². The molecule has 0 amide bonds. The first-order valence-corrected chi connectivity index (χ1v) is 9.53. The van der Waals surface area contributed by atoms with Gasteiger partial charge in [-0.2, -0.15) is 0 Å². The first-order valence-electron chi connectivity index (χ1n) is 8.71. The Morgan fingerprint density at radius 2 is 1.68 bits per heavy atom. The quantitative estimate of drug-likeness (QED) is 0.714. The molecule has 0 radical (unpaired) electrons. The lowest BCUT2D eigenvalue weighted by molar-refractivity contribution is 0.360. The Kier molecular flexibility index (Phi) is 4.76. The monoisotopic (exact) mass is 350 g/mol. The van der Waals surface area contributed by atoms with Gasteiger partial charge in [0.25, 0.3) is 0 Å². The summed E-state index contributed by atoms with van der Waals surface area (Å²) >= 11 is 1.80. The van der Waals surface area contributed by atoms with Crippen LogP contribution >= 0.6 is 11.3 Å². The van der Waals surface area contributed by atoms with Gasteiger partial charge in [0.2, 0.25) is 0 Å². The Hall–Kier alpha value is -2.24. The molecule has 25 heavy (non-hydrogen) atoms. The zero-order valence-corrected chi connectivity index (χ0v) is 15.2. The third kappa shape index (κ3) is 3.57. The highest BCUT2D eigenvalue weighted by Gasteiger charge is 2.20. The zero-order chi connectivity index (χ0) is 17.1. The number of anilines is 1. The molecule has 0 atom stereocenters. The van der Waals surface area contributed by atoms with Crippen LogP contribution in [0.25, 0.3) is 21.7 Å². The molecule has 4 rings (SSSR count). The van der Waals surface area contributed by atoms with Crippen molar-refractivity contribution in [2.45, 2.75) is 6.42 Å². The van der Waals surface area contributed by atoms with Crippen LogP contribution < -0.4 is 4.90 Å². The van der Waals surface area contributed by atoms with Gasteiger partial charge in [0, 0.05) is 37.6 Å². The van der Waals surface area contributed by atoms with Crippen molar-refractivity contribution in [2.75, 3.05) is 38.1 Å². The third-order valence-corrected chi connectivity index (χ3v) is 5.76. The minimum absolute atomic E-state index is 1.04. The van der Waals surface area contributed by atoms with Gasteiger partial charge in [-0.1, -0.05) is 41.7 Å². The van der Waals surface area contributed by atoms with Crippen molar-refractivity contribution in [1.82, 2.24) is 14.9 Å². The Bertz CT molecular complexity index is 759. The lowest BCUT2D eigenvalue weighted by Crippen LogP contribution is -2.28. The van der Waals surface area contributed by atoms with Gasteiger partial charge in [-0.05, 0) is 37.7 Å². The van der Waals surface area contributed by atoms with E-state index in [1.807, 2.05) is 24.5 Å². The number of aromatic nitrogens is 2. The van der Waals surface area contributed by atoms with E-state index in [2.05, 4.69) is 52.2 Å². The molecule has 1 aromatic carbocycles. The van der Waals surface area contributed by atoms with E-state index >= 15 is 0 Å². The molecular formula is C20H22N4S. The van der Waals surface area contributed by atoms with Gasteiger partial charge in [0.15, 0.2) is 5.13 Å². The molecule has 4 nitrogen and oxygen atoms in total. The van der Waals surface area contributed by atoms with E-state index in [1.54, 1.807) is 11.3 Å². The van der Waals surface area contributed by atoms with Crippen molar-refractivity contribution in [2.24, 2.45) is 0 Å². The fourth-order valence-electron chi connectivity index (χ4n) is 3.17. The molecule has 1 saturated heterocycles. The van der Waals surface area contributed by atoms with Crippen LogP contribution in [-0.2, 0) is 0 Å². The average molecular weight is 350 g/mol. The largest absolute Gasteiger partial charge is 0.347 e. The van der Waals surface area contributed by atoms with Crippen LogP contribution in [0.1, 0.15) is 6.42 Å². The van der Waals surface area contributed by atoms with E-state index in [0.717, 1.165) is 42.6 Å². The highest BCUT2D eigenvalue weighted by atomic mass is 32.1. The standard InChI is InChI=1S/C20H22N4S/c1-23-12-5-13-24(15-14-23)20-22-18(16-8-10-21-11-9-16)19(25-20)17-6-3-2-4-7-17/h2-4,6-11H,5,12-15H2,1H3. The predicted molar refractivity (Wildman–Crippen MR) is 105 cm³/mol. The minimum atomic E-state index is 1.04. The molecule has 2 aromatic heterocycles. The van der Waals surface area contributed by atoms with Crippen molar-refractivity contribution in [3.63, 3.8) is 0 Å². The Labute approximate surface area is 152 Å². The molecule has 0 bridgehead atoms. The van der Waals surface area contributed by atoms with Crippen LogP contribution in [0.3, 0.4) is 0 Å². The van der Waals surface area contributed by atoms with Gasteiger partial charge in [-0.15, -0.1) is 0 Å². The van der Waals surface area contributed by atoms with Crippen LogP contribution in [0.2, 0.25) is 0 Å². The second kappa shape index (κ2) is 7.33. The summed E-state index contributed by atoms with van der Waals surface area (Å²) < 4.78 is 0. The zero-order valence-electron chi connectivity index (χ0n) is 14.4. The second-order valence-corrected chi connectivity index (χ2v) is 7.40. The van der Waals surface area contributed by atoms with Crippen LogP contribution in [0.5, 0.6) is 0 Å². The summed E-state index contributed by atoms with van der Waals surface area (Å²) in [6.45, 7) is 4.35. The summed E-state index contributed by atoms with van der Waals surface area (Å²) in [4.78, 5) is 15.3. The highest BCUT2D eigenvalue weighted by Crippen LogP contribution is 2.40. The number of rotatable bonds is 3. The molecule has 1 aliphatic heterocycles. The lowest BCUT2D eigenvalue weighted by Gasteiger charge is -2.19. The lowest BCUT2D eigenvalue weighted by atomic mass is 10.1. The molecule has 0 unspecified atom stereocenters. The Morgan fingerprint density at radius 3 is 2.48 bits per heavy atom. The van der Waals surface area contributed by atoms with Gasteiger partial charge in [-0.25, -0.2) is 4.98 Å². The molecule has 3 heterocycles. The predicted octanol–water partition coefficient (Wildman–Crippen LogP) is 4.01. The van der Waals surface area contributed by atoms with Crippen LogP contribution in [0.4, 0.5) is 5.13 Å². The molecule has 0 saturated carbocycles. The van der Waals surface area contributed by atoms with E-state index < -0.39 is 0 Å². The smallest absolute Gasteiger partial charge is 0.186 e. The van der Waals surface area contributed by atoms with Gasteiger partial charge < -0.3 is 9.80 Å². The van der Waals surface area contributed by atoms with Crippen molar-refractivity contribution >= 4 is 16.5 Å². The molecule has 0 spiro atoms. The summed E-state index contributed by atoms with van der Waals surface area (Å²) in [6.07, 6.45) is 4.86. The summed E-state index contributed by atoms with van der Waals surface area (Å²) in [5.74, 6) is 0. The molecule has 5 heteroatoms. The number of hydrogen-bond donors (Lipinski definition) is 0.